The third kappa shape index (κ3) is 2.34. The van der Waals surface area contributed by atoms with Gasteiger partial charge in [0.2, 0.25) is 0 Å². The molecule has 3 aromatic rings. The van der Waals surface area contributed by atoms with Gasteiger partial charge in [0, 0.05) is 28.6 Å². The summed E-state index contributed by atoms with van der Waals surface area (Å²) >= 11 is 0. The number of amides is 1. The lowest BCUT2D eigenvalue weighted by Gasteiger charge is -2.39. The molecule has 1 atom stereocenters. The van der Waals surface area contributed by atoms with Gasteiger partial charge in [0.25, 0.3) is 0 Å². The van der Waals surface area contributed by atoms with Crippen molar-refractivity contribution in [1.29, 1.82) is 0 Å². The minimum Gasteiger partial charge on any atom is -0.497 e. The summed E-state index contributed by atoms with van der Waals surface area (Å²) in [5, 5.41) is 1.27. The van der Waals surface area contributed by atoms with E-state index in [4.69, 9.17) is 9.47 Å². The maximum absolute atomic E-state index is 12.7. The third-order valence-electron chi connectivity index (χ3n) is 6.02. The van der Waals surface area contributed by atoms with Gasteiger partial charge in [-0.25, -0.2) is 4.79 Å². The van der Waals surface area contributed by atoms with Crippen LogP contribution in [-0.2, 0) is 10.2 Å². The van der Waals surface area contributed by atoms with Crippen LogP contribution >= 0.6 is 0 Å². The summed E-state index contributed by atoms with van der Waals surface area (Å²) in [6.07, 6.45) is 1.92. The summed E-state index contributed by atoms with van der Waals surface area (Å²) in [4.78, 5) is 18.2. The SMILES string of the molecule is COC(=O)N1CC2(CC2)c2c([nH]c3ccccc23)C1c1ccc(OC)cc1. The Morgan fingerprint density at radius 2 is 1.85 bits per heavy atom. The number of rotatable bonds is 2. The molecule has 1 N–H and O–H groups in total. The van der Waals surface area contributed by atoms with Gasteiger partial charge in [-0.2, -0.15) is 0 Å². The maximum atomic E-state index is 12.7. The molecule has 27 heavy (non-hydrogen) atoms. The van der Waals surface area contributed by atoms with Crippen LogP contribution in [0.3, 0.4) is 0 Å². The highest BCUT2D eigenvalue weighted by Gasteiger charge is 2.55. The fourth-order valence-corrected chi connectivity index (χ4v) is 4.57. The van der Waals surface area contributed by atoms with E-state index in [2.05, 4.69) is 23.2 Å². The number of aromatic nitrogens is 1. The molecule has 1 unspecified atom stereocenters. The Morgan fingerprint density at radius 1 is 1.11 bits per heavy atom. The quantitative estimate of drug-likeness (QED) is 0.736. The number of methoxy groups -OCH3 is 2. The normalized spacial score (nSPS) is 19.8. The maximum Gasteiger partial charge on any atom is 0.410 e. The highest BCUT2D eigenvalue weighted by atomic mass is 16.5. The van der Waals surface area contributed by atoms with Crippen LogP contribution in [0.4, 0.5) is 4.79 Å². The summed E-state index contributed by atoms with van der Waals surface area (Å²) in [5.74, 6) is 0.801. The van der Waals surface area contributed by atoms with Gasteiger partial charge >= 0.3 is 6.09 Å². The van der Waals surface area contributed by atoms with E-state index in [1.54, 1.807) is 7.11 Å². The molecule has 0 saturated heterocycles. The van der Waals surface area contributed by atoms with E-state index in [0.29, 0.717) is 6.54 Å². The molecule has 1 amide bonds. The second kappa shape index (κ2) is 5.78. The summed E-state index contributed by atoms with van der Waals surface area (Å²) in [7, 11) is 3.11. The number of hydrogen-bond donors (Lipinski definition) is 1. The van der Waals surface area contributed by atoms with Crippen molar-refractivity contribution in [3.63, 3.8) is 0 Å². The van der Waals surface area contributed by atoms with Crippen LogP contribution in [0, 0.1) is 0 Å². The molecule has 1 aliphatic carbocycles. The van der Waals surface area contributed by atoms with E-state index in [1.165, 1.54) is 18.1 Å². The minimum atomic E-state index is -0.286. The van der Waals surface area contributed by atoms with E-state index in [9.17, 15) is 4.79 Å². The van der Waals surface area contributed by atoms with Crippen LogP contribution in [0.25, 0.3) is 10.9 Å². The summed E-state index contributed by atoms with van der Waals surface area (Å²) in [5.41, 5.74) is 4.70. The molecule has 5 nitrogen and oxygen atoms in total. The van der Waals surface area contributed by atoms with E-state index in [1.807, 2.05) is 35.2 Å². The van der Waals surface area contributed by atoms with E-state index < -0.39 is 0 Å². The number of nitrogens with one attached hydrogen (secondary N) is 1. The fraction of sp³-hybridized carbons (Fsp3) is 0.318. The van der Waals surface area contributed by atoms with Gasteiger partial charge in [-0.1, -0.05) is 30.3 Å². The average Bonchev–Trinajstić information content (AvgIpc) is 3.36. The predicted octanol–water partition coefficient (Wildman–Crippen LogP) is 4.38. The molecule has 1 aromatic heterocycles. The Bertz CT molecular complexity index is 1020. The van der Waals surface area contributed by atoms with Crippen LogP contribution in [0.15, 0.2) is 48.5 Å². The zero-order chi connectivity index (χ0) is 18.6. The van der Waals surface area contributed by atoms with Gasteiger partial charge in [-0.3, -0.25) is 4.90 Å². The topological polar surface area (TPSA) is 54.6 Å². The molecular weight excluding hydrogens is 340 g/mol. The number of hydrogen-bond acceptors (Lipinski definition) is 3. The molecular formula is C22H22N2O3. The molecule has 0 radical (unpaired) electrons. The van der Waals surface area contributed by atoms with Crippen LogP contribution in [-0.4, -0.2) is 36.7 Å². The van der Waals surface area contributed by atoms with Crippen molar-refractivity contribution in [3.05, 3.63) is 65.4 Å². The first-order valence-corrected chi connectivity index (χ1v) is 9.26. The highest BCUT2D eigenvalue weighted by molar-refractivity contribution is 5.88. The van der Waals surface area contributed by atoms with Crippen LogP contribution < -0.4 is 4.74 Å². The largest absolute Gasteiger partial charge is 0.497 e. The molecule has 5 rings (SSSR count). The van der Waals surface area contributed by atoms with E-state index >= 15 is 0 Å². The van der Waals surface area contributed by atoms with Crippen LogP contribution in [0.1, 0.15) is 35.7 Å². The number of ether oxygens (including phenoxy) is 2. The Kier molecular flexibility index (Phi) is 3.47. The standard InChI is InChI=1S/C22H22N2O3/c1-26-15-9-7-14(8-10-15)20-19-18(16-5-3-4-6-17(16)23-19)22(11-12-22)13-24(20)21(25)27-2/h3-10,20,23H,11-13H2,1-2H3. The molecule has 2 heterocycles. The third-order valence-corrected chi connectivity index (χ3v) is 6.02. The summed E-state index contributed by atoms with van der Waals surface area (Å²) in [6.45, 7) is 0.686. The van der Waals surface area contributed by atoms with Crippen LogP contribution in [0.2, 0.25) is 0 Å². The van der Waals surface area contributed by atoms with E-state index in [0.717, 1.165) is 35.4 Å². The number of H-pyrrole nitrogens is 1. The molecule has 1 aliphatic heterocycles. The first kappa shape index (κ1) is 16.2. The number of nitrogens with zero attached hydrogens (tertiary/aromatic N) is 1. The van der Waals surface area contributed by atoms with E-state index in [-0.39, 0.29) is 17.6 Å². The Balaban J connectivity index is 1.73. The van der Waals surface area contributed by atoms with Crippen LogP contribution in [0.5, 0.6) is 5.75 Å². The molecule has 1 fully saturated rings. The second-order valence-corrected chi connectivity index (χ2v) is 7.51. The van der Waals surface area contributed by atoms with Gasteiger partial charge in [0.1, 0.15) is 11.8 Å². The number of para-hydroxylation sites is 1. The lowest BCUT2D eigenvalue weighted by molar-refractivity contribution is 0.101. The monoisotopic (exact) mass is 362 g/mol. The van der Waals surface area contributed by atoms with Crippen molar-refractivity contribution in [3.8, 4) is 5.75 Å². The molecule has 2 aromatic carbocycles. The number of carbonyl (C=O) groups excluding carboxylic acids is 1. The number of benzene rings is 2. The zero-order valence-electron chi connectivity index (χ0n) is 15.5. The highest BCUT2D eigenvalue weighted by Crippen LogP contribution is 2.57. The summed E-state index contributed by atoms with van der Waals surface area (Å²) < 4.78 is 10.4. The lowest BCUT2D eigenvalue weighted by Crippen LogP contribution is -2.45. The van der Waals surface area contributed by atoms with Gasteiger partial charge in [0.15, 0.2) is 0 Å². The van der Waals surface area contributed by atoms with Crippen molar-refractivity contribution in [1.82, 2.24) is 9.88 Å². The van der Waals surface area contributed by atoms with Gasteiger partial charge in [-0.15, -0.1) is 0 Å². The molecule has 2 aliphatic rings. The second-order valence-electron chi connectivity index (χ2n) is 7.51. The first-order valence-electron chi connectivity index (χ1n) is 9.26. The smallest absolute Gasteiger partial charge is 0.410 e. The Morgan fingerprint density at radius 3 is 2.52 bits per heavy atom. The average molecular weight is 362 g/mol. The lowest BCUT2D eigenvalue weighted by atomic mass is 9.83. The minimum absolute atomic E-state index is 0.0477. The van der Waals surface area contributed by atoms with Gasteiger partial charge in [-0.05, 0) is 42.2 Å². The first-order chi connectivity index (χ1) is 13.2. The molecule has 1 spiro atoms. The predicted molar refractivity (Wildman–Crippen MR) is 103 cm³/mol. The zero-order valence-corrected chi connectivity index (χ0v) is 15.5. The fourth-order valence-electron chi connectivity index (χ4n) is 4.57. The molecule has 138 valence electrons. The van der Waals surface area contributed by atoms with Crippen molar-refractivity contribution in [2.75, 3.05) is 20.8 Å². The molecule has 0 bridgehead atoms. The number of carbonyl (C=O) groups is 1. The Labute approximate surface area is 157 Å². The summed E-state index contributed by atoms with van der Waals surface area (Å²) in [6, 6.07) is 16.2. The number of aromatic amines is 1. The molecule has 1 saturated carbocycles. The number of fused-ring (bicyclic) bond motifs is 4. The van der Waals surface area contributed by atoms with Crippen molar-refractivity contribution in [2.45, 2.75) is 24.3 Å². The van der Waals surface area contributed by atoms with Gasteiger partial charge < -0.3 is 14.5 Å². The van der Waals surface area contributed by atoms with Gasteiger partial charge in [0.05, 0.1) is 14.2 Å². The van der Waals surface area contributed by atoms with Crippen molar-refractivity contribution >= 4 is 17.0 Å². The van der Waals surface area contributed by atoms with Crippen molar-refractivity contribution < 1.29 is 14.3 Å². The molecule has 5 heteroatoms. The van der Waals surface area contributed by atoms with Crippen molar-refractivity contribution in [2.24, 2.45) is 0 Å². The Hall–Kier alpha value is -2.95.